The van der Waals surface area contributed by atoms with Gasteiger partial charge in [0.1, 0.15) is 5.82 Å². The van der Waals surface area contributed by atoms with Crippen LogP contribution in [0.1, 0.15) is 6.92 Å². The molecule has 0 aliphatic carbocycles. The second-order valence-corrected chi connectivity index (χ2v) is 4.54. The van der Waals surface area contributed by atoms with Crippen LogP contribution in [0.4, 0.5) is 0 Å². The van der Waals surface area contributed by atoms with Crippen molar-refractivity contribution in [3.63, 3.8) is 0 Å². The zero-order valence-corrected chi connectivity index (χ0v) is 10.3. The number of hydrogen-bond donors (Lipinski definition) is 2. The molecule has 0 bridgehead atoms. The Morgan fingerprint density at radius 1 is 1.41 bits per heavy atom. The molecule has 1 fully saturated rings. The molecule has 0 aromatic rings. The summed E-state index contributed by atoms with van der Waals surface area (Å²) in [4.78, 5) is 15.3. The van der Waals surface area contributed by atoms with Gasteiger partial charge in [0.2, 0.25) is 5.91 Å². The van der Waals surface area contributed by atoms with E-state index in [2.05, 4.69) is 34.2 Å². The minimum absolute atomic E-state index is 0.243. The number of nitrogens with zero attached hydrogens (tertiary/aromatic N) is 2. The normalized spacial score (nSPS) is 21.6. The smallest absolute Gasteiger partial charge is 0.231 e. The van der Waals surface area contributed by atoms with Crippen LogP contribution in [0, 0.1) is 0 Å². The lowest BCUT2D eigenvalue weighted by Gasteiger charge is -2.38. The lowest BCUT2D eigenvalue weighted by Crippen LogP contribution is -2.50. The van der Waals surface area contributed by atoms with E-state index in [0.29, 0.717) is 6.54 Å². The molecular formula is C12H20N4O. The average molecular weight is 236 g/mol. The predicted molar refractivity (Wildman–Crippen MR) is 67.1 cm³/mol. The topological polar surface area (TPSA) is 61.6 Å². The molecule has 5 nitrogen and oxygen atoms in total. The van der Waals surface area contributed by atoms with E-state index >= 15 is 0 Å². The Kier molecular flexibility index (Phi) is 3.68. The first-order valence-electron chi connectivity index (χ1n) is 6.03. The van der Waals surface area contributed by atoms with Crippen LogP contribution in [0.5, 0.6) is 0 Å². The first-order chi connectivity index (χ1) is 8.16. The van der Waals surface area contributed by atoms with Crippen LogP contribution < -0.4 is 11.1 Å². The molecule has 17 heavy (non-hydrogen) atoms. The molecule has 94 valence electrons. The molecule has 2 aliphatic heterocycles. The summed E-state index contributed by atoms with van der Waals surface area (Å²) in [6.07, 6.45) is 4.28. The summed E-state index contributed by atoms with van der Waals surface area (Å²) >= 11 is 0. The lowest BCUT2D eigenvalue weighted by molar-refractivity contribution is -0.119. The second-order valence-electron chi connectivity index (χ2n) is 4.54. The molecule has 0 spiro atoms. The highest BCUT2D eigenvalue weighted by Gasteiger charge is 2.20. The summed E-state index contributed by atoms with van der Waals surface area (Å²) in [6.45, 7) is 7.07. The molecule has 0 unspecified atom stereocenters. The molecule has 0 aromatic heterocycles. The van der Waals surface area contributed by atoms with Gasteiger partial charge in [0.05, 0.1) is 6.54 Å². The molecule has 2 rings (SSSR count). The molecule has 0 atom stereocenters. The number of hydrogen-bond acceptors (Lipinski definition) is 4. The highest BCUT2D eigenvalue weighted by atomic mass is 16.1. The molecule has 1 amide bonds. The van der Waals surface area contributed by atoms with Crippen molar-refractivity contribution in [2.24, 2.45) is 5.73 Å². The van der Waals surface area contributed by atoms with E-state index in [9.17, 15) is 4.79 Å². The molecular weight excluding hydrogens is 216 g/mol. The Morgan fingerprint density at radius 3 is 2.71 bits per heavy atom. The van der Waals surface area contributed by atoms with Gasteiger partial charge in [-0.2, -0.15) is 0 Å². The number of piperazine rings is 1. The SMILES string of the molecule is CC1=C(N2CCN(CC(N)=O)CC2)NCC=C1. The van der Waals surface area contributed by atoms with Crippen LogP contribution in [0.2, 0.25) is 0 Å². The van der Waals surface area contributed by atoms with Gasteiger partial charge in [-0.25, -0.2) is 0 Å². The number of rotatable bonds is 3. The van der Waals surface area contributed by atoms with E-state index < -0.39 is 0 Å². The van der Waals surface area contributed by atoms with Gasteiger partial charge in [-0.15, -0.1) is 0 Å². The monoisotopic (exact) mass is 236 g/mol. The van der Waals surface area contributed by atoms with Crippen molar-refractivity contribution in [1.29, 1.82) is 0 Å². The van der Waals surface area contributed by atoms with E-state index in [0.717, 1.165) is 32.7 Å². The first-order valence-corrected chi connectivity index (χ1v) is 6.03. The van der Waals surface area contributed by atoms with E-state index in [4.69, 9.17) is 5.73 Å². The Morgan fingerprint density at radius 2 is 2.12 bits per heavy atom. The molecule has 1 saturated heterocycles. The van der Waals surface area contributed by atoms with Gasteiger partial charge in [-0.3, -0.25) is 9.69 Å². The number of carbonyl (C=O) groups is 1. The lowest BCUT2D eigenvalue weighted by atomic mass is 10.2. The van der Waals surface area contributed by atoms with Crippen molar-refractivity contribution in [3.8, 4) is 0 Å². The largest absolute Gasteiger partial charge is 0.369 e. The van der Waals surface area contributed by atoms with E-state index in [1.807, 2.05) is 0 Å². The third-order valence-electron chi connectivity index (χ3n) is 3.20. The van der Waals surface area contributed by atoms with Gasteiger partial charge < -0.3 is 16.0 Å². The maximum atomic E-state index is 10.8. The van der Waals surface area contributed by atoms with Gasteiger partial charge in [0.15, 0.2) is 0 Å². The fourth-order valence-electron chi connectivity index (χ4n) is 2.32. The van der Waals surface area contributed by atoms with Gasteiger partial charge in [-0.05, 0) is 12.5 Å². The maximum Gasteiger partial charge on any atom is 0.231 e. The molecule has 5 heteroatoms. The van der Waals surface area contributed by atoms with Crippen molar-refractivity contribution >= 4 is 5.91 Å². The number of nitrogens with two attached hydrogens (primary N) is 1. The number of nitrogens with one attached hydrogen (secondary N) is 1. The quantitative estimate of drug-likeness (QED) is 0.692. The van der Waals surface area contributed by atoms with Crippen LogP contribution in [0.15, 0.2) is 23.5 Å². The van der Waals surface area contributed by atoms with Crippen molar-refractivity contribution in [2.45, 2.75) is 6.92 Å². The zero-order valence-electron chi connectivity index (χ0n) is 10.3. The fraction of sp³-hybridized carbons (Fsp3) is 0.583. The fourth-order valence-corrected chi connectivity index (χ4v) is 2.32. The van der Waals surface area contributed by atoms with Crippen LogP contribution in [-0.2, 0) is 4.79 Å². The van der Waals surface area contributed by atoms with Crippen molar-refractivity contribution in [1.82, 2.24) is 15.1 Å². The number of amides is 1. The number of dihydropyridines is 1. The van der Waals surface area contributed by atoms with Gasteiger partial charge >= 0.3 is 0 Å². The van der Waals surface area contributed by atoms with Crippen molar-refractivity contribution < 1.29 is 4.79 Å². The van der Waals surface area contributed by atoms with Crippen molar-refractivity contribution in [2.75, 3.05) is 39.3 Å². The minimum atomic E-state index is -0.243. The van der Waals surface area contributed by atoms with Crippen LogP contribution in [0.25, 0.3) is 0 Å². The Bertz CT molecular complexity index is 354. The summed E-state index contributed by atoms with van der Waals surface area (Å²) in [5, 5.41) is 3.40. The van der Waals surface area contributed by atoms with Gasteiger partial charge in [0.25, 0.3) is 0 Å². The first kappa shape index (κ1) is 12.0. The van der Waals surface area contributed by atoms with E-state index in [1.54, 1.807) is 0 Å². The Labute approximate surface area is 102 Å². The Balaban J connectivity index is 1.90. The maximum absolute atomic E-state index is 10.8. The summed E-state index contributed by atoms with van der Waals surface area (Å²) < 4.78 is 0. The van der Waals surface area contributed by atoms with Crippen LogP contribution in [-0.4, -0.2) is 55.0 Å². The molecule has 0 radical (unpaired) electrons. The summed E-state index contributed by atoms with van der Waals surface area (Å²) in [7, 11) is 0. The highest BCUT2D eigenvalue weighted by molar-refractivity contribution is 5.75. The predicted octanol–water partition coefficient (Wildman–Crippen LogP) is -0.520. The minimum Gasteiger partial charge on any atom is -0.369 e. The number of carbonyl (C=O) groups excluding carboxylic acids is 1. The van der Waals surface area contributed by atoms with Gasteiger partial charge in [0, 0.05) is 32.7 Å². The molecule has 2 aliphatic rings. The third-order valence-corrected chi connectivity index (χ3v) is 3.20. The Hall–Kier alpha value is -1.49. The number of allylic oxidation sites excluding steroid dienone is 2. The summed E-state index contributed by atoms with van der Waals surface area (Å²) in [5.74, 6) is 0.985. The van der Waals surface area contributed by atoms with Crippen LogP contribution in [0.3, 0.4) is 0 Å². The summed E-state index contributed by atoms with van der Waals surface area (Å²) in [6, 6.07) is 0. The van der Waals surface area contributed by atoms with Crippen molar-refractivity contribution in [3.05, 3.63) is 23.5 Å². The standard InChI is InChI=1S/C12H20N4O/c1-10-3-2-4-14-12(10)16-7-5-15(6-8-16)9-11(13)17/h2-3,14H,4-9H2,1H3,(H2,13,17). The second kappa shape index (κ2) is 5.23. The van der Waals surface area contributed by atoms with E-state index in [-0.39, 0.29) is 5.91 Å². The van der Waals surface area contributed by atoms with Gasteiger partial charge in [-0.1, -0.05) is 12.2 Å². The van der Waals surface area contributed by atoms with Crippen LogP contribution >= 0.6 is 0 Å². The van der Waals surface area contributed by atoms with E-state index in [1.165, 1.54) is 11.4 Å². The molecule has 0 aromatic carbocycles. The third kappa shape index (κ3) is 3.00. The number of primary amides is 1. The average Bonchev–Trinajstić information content (AvgIpc) is 2.30. The molecule has 2 heterocycles. The molecule has 3 N–H and O–H groups in total. The highest BCUT2D eigenvalue weighted by Crippen LogP contribution is 2.14. The summed E-state index contributed by atoms with van der Waals surface area (Å²) in [5.41, 5.74) is 6.48. The zero-order chi connectivity index (χ0) is 12.3. The molecule has 0 saturated carbocycles.